The van der Waals surface area contributed by atoms with Gasteiger partial charge in [-0.2, -0.15) is 0 Å². The van der Waals surface area contributed by atoms with Gasteiger partial charge in [0.25, 0.3) is 0 Å². The van der Waals surface area contributed by atoms with E-state index in [1.165, 1.54) is 12.1 Å². The van der Waals surface area contributed by atoms with Gasteiger partial charge in [-0.1, -0.05) is 6.07 Å². The van der Waals surface area contributed by atoms with Crippen molar-refractivity contribution in [1.82, 2.24) is 0 Å². The SMILES string of the molecule is N[C@]1(C(=O)O)CCc2ccc(C(=O)O)cc21. The van der Waals surface area contributed by atoms with E-state index >= 15 is 0 Å². The third-order valence-corrected chi connectivity index (χ3v) is 3.01. The Labute approximate surface area is 91.5 Å². The fourth-order valence-corrected chi connectivity index (χ4v) is 2.03. The summed E-state index contributed by atoms with van der Waals surface area (Å²) in [7, 11) is 0. The number of aryl methyl sites for hydroxylation is 1. The summed E-state index contributed by atoms with van der Waals surface area (Å²) in [5, 5.41) is 17.9. The van der Waals surface area contributed by atoms with Crippen molar-refractivity contribution in [2.24, 2.45) is 5.73 Å². The van der Waals surface area contributed by atoms with Crippen molar-refractivity contribution in [2.45, 2.75) is 18.4 Å². The maximum absolute atomic E-state index is 11.1. The second kappa shape index (κ2) is 3.31. The molecule has 4 N–H and O–H groups in total. The molecule has 84 valence electrons. The van der Waals surface area contributed by atoms with Crippen molar-refractivity contribution in [3.63, 3.8) is 0 Å². The van der Waals surface area contributed by atoms with Gasteiger partial charge < -0.3 is 15.9 Å². The lowest BCUT2D eigenvalue weighted by Gasteiger charge is -2.19. The lowest BCUT2D eigenvalue weighted by molar-refractivity contribution is -0.143. The van der Waals surface area contributed by atoms with Crippen LogP contribution < -0.4 is 5.73 Å². The standard InChI is InChI=1S/C11H11NO4/c12-11(10(15)16)4-3-6-1-2-7(9(13)14)5-8(6)11/h1-2,5H,3-4,12H2,(H,13,14)(H,15,16)/t11-/m1/s1. The molecule has 0 radical (unpaired) electrons. The summed E-state index contributed by atoms with van der Waals surface area (Å²) in [6.07, 6.45) is 0.874. The van der Waals surface area contributed by atoms with Crippen LogP contribution in [0.3, 0.4) is 0 Å². The third-order valence-electron chi connectivity index (χ3n) is 3.01. The van der Waals surface area contributed by atoms with Crippen molar-refractivity contribution in [3.05, 3.63) is 34.9 Å². The van der Waals surface area contributed by atoms with Gasteiger partial charge in [-0.25, -0.2) is 9.59 Å². The third kappa shape index (κ3) is 1.37. The molecular formula is C11H11NO4. The van der Waals surface area contributed by atoms with Crippen LogP contribution >= 0.6 is 0 Å². The van der Waals surface area contributed by atoms with E-state index < -0.39 is 17.5 Å². The number of rotatable bonds is 2. The highest BCUT2D eigenvalue weighted by Crippen LogP contribution is 2.35. The Bertz CT molecular complexity index is 483. The van der Waals surface area contributed by atoms with Crippen LogP contribution in [0.25, 0.3) is 0 Å². The molecule has 1 aliphatic carbocycles. The molecule has 1 atom stereocenters. The molecule has 16 heavy (non-hydrogen) atoms. The van der Waals surface area contributed by atoms with Gasteiger partial charge in [0, 0.05) is 0 Å². The smallest absolute Gasteiger partial charge is 0.335 e. The Balaban J connectivity index is 2.57. The predicted molar refractivity (Wildman–Crippen MR) is 55.2 cm³/mol. The molecule has 0 spiro atoms. The number of carboxylic acid groups (broad SMARTS) is 2. The van der Waals surface area contributed by atoms with Crippen molar-refractivity contribution in [1.29, 1.82) is 0 Å². The normalized spacial score (nSPS) is 22.8. The van der Waals surface area contributed by atoms with Gasteiger partial charge in [0.1, 0.15) is 5.54 Å². The number of hydrogen-bond acceptors (Lipinski definition) is 3. The van der Waals surface area contributed by atoms with Gasteiger partial charge in [-0.05, 0) is 36.1 Å². The fourth-order valence-electron chi connectivity index (χ4n) is 2.03. The molecule has 2 rings (SSSR count). The minimum atomic E-state index is -1.44. The first-order valence-corrected chi connectivity index (χ1v) is 4.84. The molecule has 5 nitrogen and oxygen atoms in total. The Kier molecular flexibility index (Phi) is 2.20. The van der Waals surface area contributed by atoms with Gasteiger partial charge in [0.2, 0.25) is 0 Å². The van der Waals surface area contributed by atoms with Crippen LogP contribution in [0.15, 0.2) is 18.2 Å². The molecule has 0 fully saturated rings. The molecule has 0 heterocycles. The monoisotopic (exact) mass is 221 g/mol. The van der Waals surface area contributed by atoms with E-state index in [-0.39, 0.29) is 5.56 Å². The molecule has 0 aliphatic heterocycles. The molecule has 0 bridgehead atoms. The van der Waals surface area contributed by atoms with E-state index in [0.717, 1.165) is 5.56 Å². The Morgan fingerprint density at radius 3 is 2.56 bits per heavy atom. The zero-order chi connectivity index (χ0) is 11.9. The number of aliphatic carboxylic acids is 1. The van der Waals surface area contributed by atoms with Gasteiger partial charge in [-0.15, -0.1) is 0 Å². The number of fused-ring (bicyclic) bond motifs is 1. The fraction of sp³-hybridized carbons (Fsp3) is 0.273. The Hall–Kier alpha value is -1.88. The van der Waals surface area contributed by atoms with Gasteiger partial charge in [-0.3, -0.25) is 0 Å². The number of carboxylic acids is 2. The number of benzene rings is 1. The molecule has 1 aromatic rings. The van der Waals surface area contributed by atoms with Crippen LogP contribution in [0, 0.1) is 0 Å². The number of nitrogens with two attached hydrogens (primary N) is 1. The molecule has 0 amide bonds. The number of carbonyl (C=O) groups is 2. The van der Waals surface area contributed by atoms with Crippen LogP contribution in [0.2, 0.25) is 0 Å². The summed E-state index contributed by atoms with van der Waals surface area (Å²) < 4.78 is 0. The molecular weight excluding hydrogens is 210 g/mol. The highest BCUT2D eigenvalue weighted by Gasteiger charge is 2.42. The summed E-state index contributed by atoms with van der Waals surface area (Å²) in [6, 6.07) is 4.46. The highest BCUT2D eigenvalue weighted by molar-refractivity contribution is 5.89. The van der Waals surface area contributed by atoms with E-state index in [1.807, 2.05) is 0 Å². The second-order valence-corrected chi connectivity index (χ2v) is 3.95. The highest BCUT2D eigenvalue weighted by atomic mass is 16.4. The molecule has 1 aliphatic rings. The molecule has 0 saturated heterocycles. The van der Waals surface area contributed by atoms with Gasteiger partial charge >= 0.3 is 11.9 Å². The molecule has 1 aromatic carbocycles. The largest absolute Gasteiger partial charge is 0.480 e. The summed E-state index contributed by atoms with van der Waals surface area (Å²) in [4.78, 5) is 21.9. The first kappa shape index (κ1) is 10.6. The molecule has 0 aromatic heterocycles. The van der Waals surface area contributed by atoms with Crippen LogP contribution in [0.1, 0.15) is 27.9 Å². The molecule has 0 unspecified atom stereocenters. The van der Waals surface area contributed by atoms with Crippen molar-refractivity contribution in [3.8, 4) is 0 Å². The predicted octanol–water partition coefficient (Wildman–Crippen LogP) is 0.570. The maximum Gasteiger partial charge on any atom is 0.335 e. The van der Waals surface area contributed by atoms with Gasteiger partial charge in [0.05, 0.1) is 5.56 Å². The average molecular weight is 221 g/mol. The van der Waals surface area contributed by atoms with E-state index in [1.54, 1.807) is 6.07 Å². The zero-order valence-electron chi connectivity index (χ0n) is 8.43. The van der Waals surface area contributed by atoms with E-state index in [4.69, 9.17) is 15.9 Å². The van der Waals surface area contributed by atoms with Crippen molar-refractivity contribution >= 4 is 11.9 Å². The summed E-state index contributed by atoms with van der Waals surface area (Å²) in [5.41, 5.74) is 5.64. The van der Waals surface area contributed by atoms with Gasteiger partial charge in [0.15, 0.2) is 0 Å². The molecule has 0 saturated carbocycles. The van der Waals surface area contributed by atoms with Crippen LogP contribution in [-0.2, 0) is 16.8 Å². The second-order valence-electron chi connectivity index (χ2n) is 3.95. The average Bonchev–Trinajstić information content (AvgIpc) is 2.57. The van der Waals surface area contributed by atoms with E-state index in [0.29, 0.717) is 18.4 Å². The zero-order valence-corrected chi connectivity index (χ0v) is 8.43. The lowest BCUT2D eigenvalue weighted by atomic mass is 9.92. The number of hydrogen-bond donors (Lipinski definition) is 3. The van der Waals surface area contributed by atoms with E-state index in [2.05, 4.69) is 0 Å². The Morgan fingerprint density at radius 2 is 2.00 bits per heavy atom. The van der Waals surface area contributed by atoms with Crippen molar-refractivity contribution in [2.75, 3.05) is 0 Å². The minimum absolute atomic E-state index is 0.0664. The quantitative estimate of drug-likeness (QED) is 0.677. The summed E-state index contributed by atoms with van der Waals surface area (Å²) in [6.45, 7) is 0. The first-order chi connectivity index (χ1) is 7.45. The summed E-state index contributed by atoms with van der Waals surface area (Å²) >= 11 is 0. The maximum atomic E-state index is 11.1. The molecule has 5 heteroatoms. The summed E-state index contributed by atoms with van der Waals surface area (Å²) in [5.74, 6) is -2.20. The lowest BCUT2D eigenvalue weighted by Crippen LogP contribution is -2.42. The van der Waals surface area contributed by atoms with Crippen LogP contribution in [0.4, 0.5) is 0 Å². The minimum Gasteiger partial charge on any atom is -0.480 e. The first-order valence-electron chi connectivity index (χ1n) is 4.84. The van der Waals surface area contributed by atoms with Crippen LogP contribution in [0.5, 0.6) is 0 Å². The number of aromatic carboxylic acids is 1. The van der Waals surface area contributed by atoms with Crippen molar-refractivity contribution < 1.29 is 19.8 Å². The Morgan fingerprint density at radius 1 is 1.31 bits per heavy atom. The topological polar surface area (TPSA) is 101 Å². The van der Waals surface area contributed by atoms with E-state index in [9.17, 15) is 9.59 Å². The van der Waals surface area contributed by atoms with Crippen LogP contribution in [-0.4, -0.2) is 22.2 Å².